The van der Waals surface area contributed by atoms with Gasteiger partial charge < -0.3 is 0 Å². The molecule has 0 saturated heterocycles. The van der Waals surface area contributed by atoms with Crippen LogP contribution in [0.2, 0.25) is 0 Å². The van der Waals surface area contributed by atoms with Crippen molar-refractivity contribution >= 4 is 21.7 Å². The van der Waals surface area contributed by atoms with Gasteiger partial charge in [-0.05, 0) is 26.1 Å². The normalized spacial score (nSPS) is 9.50. The van der Waals surface area contributed by atoms with Crippen molar-refractivity contribution < 1.29 is 0 Å². The topological polar surface area (TPSA) is 0 Å². The van der Waals surface area contributed by atoms with Crippen LogP contribution in [0.25, 0.3) is 0 Å². The van der Waals surface area contributed by atoms with Gasteiger partial charge in [0.25, 0.3) is 0 Å². The van der Waals surface area contributed by atoms with E-state index in [1.165, 1.54) is 5.30 Å². The number of hydrogen-bond acceptors (Lipinski definition) is 0. The molecule has 0 nitrogen and oxygen atoms in total. The van der Waals surface area contributed by atoms with E-state index in [2.05, 4.69) is 14.6 Å². The van der Waals surface area contributed by atoms with Gasteiger partial charge in [-0.15, -0.1) is 0 Å². The Morgan fingerprint density at radius 1 is 1.38 bits per heavy atom. The molecule has 0 atom stereocenters. The van der Waals surface area contributed by atoms with Gasteiger partial charge in [0.15, 0.2) is 0 Å². The van der Waals surface area contributed by atoms with Crippen molar-refractivity contribution in [3.63, 3.8) is 0 Å². The van der Waals surface area contributed by atoms with Gasteiger partial charge >= 0.3 is 0 Å². The van der Waals surface area contributed by atoms with E-state index in [9.17, 15) is 0 Å². The van der Waals surface area contributed by atoms with Gasteiger partial charge in [-0.1, -0.05) is 20.7 Å². The molecule has 0 fully saturated rings. The van der Waals surface area contributed by atoms with Crippen LogP contribution >= 0.6 is 16.4 Å². The average Bonchev–Trinajstić information content (AvgIpc) is 1.90. The van der Waals surface area contributed by atoms with Crippen LogP contribution < -0.4 is 5.30 Å². The molecule has 39 valence electrons. The number of hydrogen-bond donors (Lipinski definition) is 0. The van der Waals surface area contributed by atoms with E-state index in [1.807, 2.05) is 24.3 Å². The zero-order valence-corrected chi connectivity index (χ0v) is 6.15. The van der Waals surface area contributed by atoms with E-state index < -0.39 is 0 Å². The molecule has 1 rings (SSSR count). The molecule has 0 bridgehead atoms. The van der Waals surface area contributed by atoms with Gasteiger partial charge in [-0.25, -0.2) is 0 Å². The zero-order chi connectivity index (χ0) is 5.82. The van der Waals surface area contributed by atoms with Crippen molar-refractivity contribution in [3.05, 3.63) is 30.3 Å². The molecule has 0 aliphatic heterocycles. The Morgan fingerprint density at radius 2 is 2.00 bits per heavy atom. The summed E-state index contributed by atoms with van der Waals surface area (Å²) < 4.78 is 0. The van der Waals surface area contributed by atoms with Crippen LogP contribution in [0.3, 0.4) is 0 Å². The van der Waals surface area contributed by atoms with Gasteiger partial charge in [0.05, 0.1) is 0 Å². The van der Waals surface area contributed by atoms with Gasteiger partial charge in [0.2, 0.25) is 0 Å². The van der Waals surface area contributed by atoms with Crippen LogP contribution in [-0.4, -0.2) is 0 Å². The summed E-state index contributed by atoms with van der Waals surface area (Å²) in [7, 11) is 4.50. The van der Waals surface area contributed by atoms with E-state index in [1.54, 1.807) is 0 Å². The lowest BCUT2D eigenvalue weighted by molar-refractivity contribution is 1.76. The van der Waals surface area contributed by atoms with Crippen molar-refractivity contribution in [2.75, 3.05) is 0 Å². The summed E-state index contributed by atoms with van der Waals surface area (Å²) in [6.45, 7) is 0. The molecule has 0 amide bonds. The summed E-state index contributed by atoms with van der Waals surface area (Å²) in [6, 6.07) is 10.8. The quantitative estimate of drug-likeness (QED) is 0.522. The lowest BCUT2D eigenvalue weighted by Gasteiger charge is -1.83. The Bertz CT molecular complexity index is 169. The minimum Gasteiger partial charge on any atom is -0.0884 e. The standard InChI is InChI=1S/C6H5P2/c7-8-6-4-2-1-3-5-6/h2-5,7H. The van der Waals surface area contributed by atoms with Crippen LogP contribution in [-0.2, 0) is 0 Å². The summed E-state index contributed by atoms with van der Waals surface area (Å²) in [5.41, 5.74) is 0. The maximum absolute atomic E-state index is 3.36. The monoisotopic (exact) mass is 139 g/mol. The summed E-state index contributed by atoms with van der Waals surface area (Å²) >= 11 is 0. The van der Waals surface area contributed by atoms with Crippen LogP contribution in [0.15, 0.2) is 24.3 Å². The third-order valence-corrected chi connectivity index (χ3v) is 2.16. The average molecular weight is 139 g/mol. The molecular weight excluding hydrogens is 134 g/mol. The molecule has 0 unspecified atom stereocenters. The van der Waals surface area contributed by atoms with E-state index in [0.717, 1.165) is 7.87 Å². The second-order valence-corrected chi connectivity index (χ2v) is 2.78. The second-order valence-electron chi connectivity index (χ2n) is 1.37. The highest BCUT2D eigenvalue weighted by Gasteiger charge is 1.77. The third kappa shape index (κ3) is 1.40. The van der Waals surface area contributed by atoms with Gasteiger partial charge in [-0.3, -0.25) is 0 Å². The first-order chi connectivity index (χ1) is 3.93. The van der Waals surface area contributed by atoms with Crippen molar-refractivity contribution in [1.82, 2.24) is 0 Å². The van der Waals surface area contributed by atoms with Gasteiger partial charge in [0.1, 0.15) is 0 Å². The van der Waals surface area contributed by atoms with Crippen LogP contribution in [0.1, 0.15) is 0 Å². The molecule has 0 aromatic heterocycles. The highest BCUT2D eigenvalue weighted by molar-refractivity contribution is 7.79. The third-order valence-electron chi connectivity index (χ3n) is 0.830. The molecule has 0 aliphatic rings. The molecule has 1 radical (unpaired) electrons. The number of rotatable bonds is 1. The fourth-order valence-electron chi connectivity index (χ4n) is 0.453. The SMILES string of the molecule is P=Pc1cc[c]cc1. The fraction of sp³-hybridized carbons (Fsp3) is 0. The lowest BCUT2D eigenvalue weighted by Crippen LogP contribution is -1.84. The summed E-state index contributed by atoms with van der Waals surface area (Å²) in [5, 5.41) is 1.26. The smallest absolute Gasteiger partial charge is 0.00579 e. The first-order valence-corrected chi connectivity index (χ1v) is 4.50. The Kier molecular flexibility index (Phi) is 2.21. The molecule has 0 N–H and O–H groups in total. The van der Waals surface area contributed by atoms with Gasteiger partial charge in [-0.2, -0.15) is 0 Å². The zero-order valence-electron chi connectivity index (χ0n) is 4.26. The van der Waals surface area contributed by atoms with Crippen molar-refractivity contribution in [2.45, 2.75) is 0 Å². The van der Waals surface area contributed by atoms with E-state index in [-0.39, 0.29) is 0 Å². The molecule has 1 aromatic carbocycles. The maximum atomic E-state index is 3.36. The molecule has 0 saturated carbocycles. The van der Waals surface area contributed by atoms with E-state index in [0.29, 0.717) is 0 Å². The Balaban J connectivity index is 2.99. The van der Waals surface area contributed by atoms with Crippen LogP contribution in [0.4, 0.5) is 0 Å². The summed E-state index contributed by atoms with van der Waals surface area (Å²) in [6.07, 6.45) is 0. The van der Waals surface area contributed by atoms with Crippen molar-refractivity contribution in [2.24, 2.45) is 0 Å². The Hall–Kier alpha value is -0.180. The van der Waals surface area contributed by atoms with Gasteiger partial charge in [0, 0.05) is 5.30 Å². The molecular formula is C6H5P2. The lowest BCUT2D eigenvalue weighted by atomic mass is 10.4. The largest absolute Gasteiger partial charge is 0.0884 e. The molecule has 2 heteroatoms. The first-order valence-electron chi connectivity index (χ1n) is 2.27. The summed E-state index contributed by atoms with van der Waals surface area (Å²) in [5.74, 6) is 0. The molecule has 8 heavy (non-hydrogen) atoms. The molecule has 0 heterocycles. The van der Waals surface area contributed by atoms with Crippen molar-refractivity contribution in [3.8, 4) is 0 Å². The predicted octanol–water partition coefficient (Wildman–Crippen LogP) is 2.12. The molecule has 0 aliphatic carbocycles. The van der Waals surface area contributed by atoms with Crippen LogP contribution in [0, 0.1) is 6.07 Å². The first kappa shape index (κ1) is 5.95. The second kappa shape index (κ2) is 2.97. The van der Waals surface area contributed by atoms with E-state index >= 15 is 0 Å². The highest BCUT2D eigenvalue weighted by Crippen LogP contribution is 1.99. The Morgan fingerprint density at radius 3 is 2.38 bits per heavy atom. The summed E-state index contributed by atoms with van der Waals surface area (Å²) in [4.78, 5) is 0. The number of benzene rings is 1. The van der Waals surface area contributed by atoms with Crippen LogP contribution in [0.5, 0.6) is 0 Å². The van der Waals surface area contributed by atoms with E-state index in [4.69, 9.17) is 0 Å². The highest BCUT2D eigenvalue weighted by atomic mass is 31.7. The molecule has 0 spiro atoms. The fourth-order valence-corrected chi connectivity index (χ4v) is 1.20. The minimum atomic E-state index is 1.13. The minimum absolute atomic E-state index is 1.13. The Labute approximate surface area is 52.8 Å². The van der Waals surface area contributed by atoms with Crippen molar-refractivity contribution in [1.29, 1.82) is 0 Å². The maximum Gasteiger partial charge on any atom is 0.00579 e. The molecule has 1 aromatic rings. The predicted molar refractivity (Wildman–Crippen MR) is 40.1 cm³/mol.